The van der Waals surface area contributed by atoms with Crippen LogP contribution in [0.15, 0.2) is 4.52 Å². The van der Waals surface area contributed by atoms with Gasteiger partial charge in [0.05, 0.1) is 13.1 Å². The molecule has 0 radical (unpaired) electrons. The van der Waals surface area contributed by atoms with Gasteiger partial charge in [0.25, 0.3) is 0 Å². The molecule has 1 saturated heterocycles. The first-order valence-corrected chi connectivity index (χ1v) is 9.20. The van der Waals surface area contributed by atoms with Crippen molar-refractivity contribution in [1.29, 1.82) is 0 Å². The molecular weight excluding hydrogens is 306 g/mol. The number of amides is 1. The Morgan fingerprint density at radius 1 is 1.12 bits per heavy atom. The van der Waals surface area contributed by atoms with Crippen molar-refractivity contribution in [2.45, 2.75) is 46.6 Å². The van der Waals surface area contributed by atoms with Crippen LogP contribution in [0, 0.1) is 0 Å². The highest BCUT2D eigenvalue weighted by molar-refractivity contribution is 5.78. The lowest BCUT2D eigenvalue weighted by Crippen LogP contribution is -2.49. The fraction of sp³-hybridized carbons (Fsp3) is 0.824. The van der Waals surface area contributed by atoms with Gasteiger partial charge < -0.3 is 9.42 Å². The van der Waals surface area contributed by atoms with E-state index in [0.29, 0.717) is 19.0 Å². The van der Waals surface area contributed by atoms with Gasteiger partial charge in [0, 0.05) is 45.7 Å². The number of aromatic nitrogens is 2. The van der Waals surface area contributed by atoms with E-state index in [1.807, 2.05) is 18.7 Å². The maximum absolute atomic E-state index is 12.2. The first-order valence-electron chi connectivity index (χ1n) is 9.20. The molecule has 1 fully saturated rings. The van der Waals surface area contributed by atoms with Crippen molar-refractivity contribution >= 4 is 5.91 Å². The molecule has 0 spiro atoms. The standard InChI is InChI=1S/C17H31N5O2/c1-4-7-8-15-18-16(24-19-15)13-20-9-11-21(12-10-20)14-17(23)22(5-2)6-3/h4-14H2,1-3H3. The molecule has 136 valence electrons. The van der Waals surface area contributed by atoms with Gasteiger partial charge in [0.1, 0.15) is 0 Å². The highest BCUT2D eigenvalue weighted by Crippen LogP contribution is 2.09. The van der Waals surface area contributed by atoms with Gasteiger partial charge in [-0.2, -0.15) is 4.98 Å². The Balaban J connectivity index is 1.72. The van der Waals surface area contributed by atoms with E-state index in [2.05, 4.69) is 26.9 Å². The highest BCUT2D eigenvalue weighted by Gasteiger charge is 2.22. The molecule has 1 aromatic heterocycles. The number of piperazine rings is 1. The van der Waals surface area contributed by atoms with E-state index in [1.54, 1.807) is 0 Å². The highest BCUT2D eigenvalue weighted by atomic mass is 16.5. The first kappa shape index (κ1) is 18.9. The number of aryl methyl sites for hydroxylation is 1. The van der Waals surface area contributed by atoms with Crippen LogP contribution in [0.3, 0.4) is 0 Å². The molecule has 0 bridgehead atoms. The van der Waals surface area contributed by atoms with Crippen LogP contribution in [0.5, 0.6) is 0 Å². The molecule has 0 atom stereocenters. The molecule has 24 heavy (non-hydrogen) atoms. The Kier molecular flexibility index (Phi) is 7.65. The Morgan fingerprint density at radius 3 is 2.42 bits per heavy atom. The van der Waals surface area contributed by atoms with Crippen molar-refractivity contribution in [2.75, 3.05) is 45.8 Å². The van der Waals surface area contributed by atoms with E-state index in [4.69, 9.17) is 4.52 Å². The van der Waals surface area contributed by atoms with Crippen molar-refractivity contribution in [1.82, 2.24) is 24.8 Å². The van der Waals surface area contributed by atoms with E-state index in [0.717, 1.165) is 64.4 Å². The number of carbonyl (C=O) groups excluding carboxylic acids is 1. The van der Waals surface area contributed by atoms with Crippen LogP contribution in [0.25, 0.3) is 0 Å². The van der Waals surface area contributed by atoms with Crippen molar-refractivity contribution in [3.63, 3.8) is 0 Å². The van der Waals surface area contributed by atoms with Gasteiger partial charge in [-0.15, -0.1) is 0 Å². The molecule has 0 saturated carbocycles. The largest absolute Gasteiger partial charge is 0.342 e. The maximum atomic E-state index is 12.2. The average molecular weight is 337 g/mol. The summed E-state index contributed by atoms with van der Waals surface area (Å²) in [5, 5.41) is 4.04. The molecule has 7 heteroatoms. The van der Waals surface area contributed by atoms with Gasteiger partial charge >= 0.3 is 0 Å². The zero-order valence-corrected chi connectivity index (χ0v) is 15.3. The number of hydrogen-bond acceptors (Lipinski definition) is 6. The summed E-state index contributed by atoms with van der Waals surface area (Å²) in [5.41, 5.74) is 0. The maximum Gasteiger partial charge on any atom is 0.240 e. The normalized spacial score (nSPS) is 16.5. The number of carbonyl (C=O) groups is 1. The number of unbranched alkanes of at least 4 members (excludes halogenated alkanes) is 1. The topological polar surface area (TPSA) is 65.7 Å². The monoisotopic (exact) mass is 337 g/mol. The zero-order chi connectivity index (χ0) is 17.4. The van der Waals surface area contributed by atoms with Gasteiger partial charge in [-0.25, -0.2) is 0 Å². The van der Waals surface area contributed by atoms with Crippen LogP contribution in [0.4, 0.5) is 0 Å². The third-order valence-corrected chi connectivity index (χ3v) is 4.56. The lowest BCUT2D eigenvalue weighted by Gasteiger charge is -2.34. The van der Waals surface area contributed by atoms with E-state index in [-0.39, 0.29) is 5.91 Å². The molecular formula is C17H31N5O2. The second-order valence-electron chi connectivity index (χ2n) is 6.33. The summed E-state index contributed by atoms with van der Waals surface area (Å²) in [6.45, 7) is 12.7. The predicted molar refractivity (Wildman–Crippen MR) is 92.6 cm³/mol. The average Bonchev–Trinajstić information content (AvgIpc) is 3.03. The van der Waals surface area contributed by atoms with Gasteiger partial charge in [-0.05, 0) is 20.3 Å². The van der Waals surface area contributed by atoms with Gasteiger partial charge in [0.2, 0.25) is 11.8 Å². The van der Waals surface area contributed by atoms with Crippen LogP contribution in [-0.2, 0) is 17.8 Å². The van der Waals surface area contributed by atoms with E-state index < -0.39 is 0 Å². The summed E-state index contributed by atoms with van der Waals surface area (Å²) in [7, 11) is 0. The second-order valence-corrected chi connectivity index (χ2v) is 6.33. The summed E-state index contributed by atoms with van der Waals surface area (Å²) in [6, 6.07) is 0. The first-order chi connectivity index (χ1) is 11.7. The summed E-state index contributed by atoms with van der Waals surface area (Å²) in [6.07, 6.45) is 3.12. The SMILES string of the molecule is CCCCc1noc(CN2CCN(CC(=O)N(CC)CC)CC2)n1. The minimum absolute atomic E-state index is 0.228. The smallest absolute Gasteiger partial charge is 0.240 e. The molecule has 1 aromatic rings. The van der Waals surface area contributed by atoms with E-state index in [1.165, 1.54) is 0 Å². The summed E-state index contributed by atoms with van der Waals surface area (Å²) in [5.74, 6) is 1.75. The second kappa shape index (κ2) is 9.74. The van der Waals surface area contributed by atoms with Gasteiger partial charge in [-0.3, -0.25) is 14.6 Å². The number of rotatable bonds is 9. The fourth-order valence-electron chi connectivity index (χ4n) is 2.96. The quantitative estimate of drug-likeness (QED) is 0.679. The Hall–Kier alpha value is -1.47. The molecule has 1 amide bonds. The number of hydrogen-bond donors (Lipinski definition) is 0. The van der Waals surface area contributed by atoms with Crippen LogP contribution >= 0.6 is 0 Å². The van der Waals surface area contributed by atoms with E-state index >= 15 is 0 Å². The van der Waals surface area contributed by atoms with Crippen molar-refractivity contribution in [3.8, 4) is 0 Å². The van der Waals surface area contributed by atoms with Crippen molar-refractivity contribution in [3.05, 3.63) is 11.7 Å². The Bertz CT molecular complexity index is 493. The number of nitrogens with zero attached hydrogens (tertiary/aromatic N) is 5. The Morgan fingerprint density at radius 2 is 1.79 bits per heavy atom. The molecule has 0 unspecified atom stereocenters. The van der Waals surface area contributed by atoms with E-state index in [9.17, 15) is 4.79 Å². The van der Waals surface area contributed by atoms with Gasteiger partial charge in [-0.1, -0.05) is 18.5 Å². The van der Waals surface area contributed by atoms with Crippen LogP contribution in [0.1, 0.15) is 45.3 Å². The summed E-state index contributed by atoms with van der Waals surface area (Å²) < 4.78 is 5.34. The van der Waals surface area contributed by atoms with Crippen LogP contribution < -0.4 is 0 Å². The minimum atomic E-state index is 0.228. The summed E-state index contributed by atoms with van der Waals surface area (Å²) in [4.78, 5) is 23.1. The number of likely N-dealkylation sites (N-methyl/N-ethyl adjacent to an activating group) is 1. The lowest BCUT2D eigenvalue weighted by atomic mass is 10.2. The minimum Gasteiger partial charge on any atom is -0.342 e. The zero-order valence-electron chi connectivity index (χ0n) is 15.3. The fourth-order valence-corrected chi connectivity index (χ4v) is 2.96. The predicted octanol–water partition coefficient (Wildman–Crippen LogP) is 1.40. The molecule has 1 aliphatic rings. The molecule has 2 rings (SSSR count). The molecule has 0 aliphatic carbocycles. The summed E-state index contributed by atoms with van der Waals surface area (Å²) >= 11 is 0. The van der Waals surface area contributed by atoms with Crippen LogP contribution in [0.2, 0.25) is 0 Å². The third kappa shape index (κ3) is 5.56. The van der Waals surface area contributed by atoms with Gasteiger partial charge in [0.15, 0.2) is 5.82 Å². The van der Waals surface area contributed by atoms with Crippen molar-refractivity contribution in [2.24, 2.45) is 0 Å². The molecule has 1 aliphatic heterocycles. The molecule has 0 aromatic carbocycles. The molecule has 2 heterocycles. The molecule has 0 N–H and O–H groups in total. The lowest BCUT2D eigenvalue weighted by molar-refractivity contribution is -0.132. The molecule has 7 nitrogen and oxygen atoms in total. The van der Waals surface area contributed by atoms with Crippen molar-refractivity contribution < 1.29 is 9.32 Å². The van der Waals surface area contributed by atoms with Crippen LogP contribution in [-0.4, -0.2) is 76.6 Å². The Labute approximate surface area is 145 Å². The third-order valence-electron chi connectivity index (χ3n) is 4.56.